The second kappa shape index (κ2) is 47.9. The van der Waals surface area contributed by atoms with E-state index in [0.29, 0.717) is 125 Å². The van der Waals surface area contributed by atoms with Crippen LogP contribution in [0.5, 0.6) is 0 Å². The zero-order valence-corrected chi connectivity index (χ0v) is 58.3. The molecule has 0 saturated carbocycles. The first-order valence-electron chi connectivity index (χ1n) is 33.5. The van der Waals surface area contributed by atoms with E-state index in [9.17, 15) is 28.8 Å². The Morgan fingerprint density at radius 2 is 0.738 bits per heavy atom. The van der Waals surface area contributed by atoms with E-state index >= 15 is 0 Å². The Morgan fingerprint density at radius 1 is 0.379 bits per heavy atom. The van der Waals surface area contributed by atoms with Crippen molar-refractivity contribution in [3.05, 3.63) is 270 Å². The number of fused-ring (bicyclic) bond motifs is 1. The summed E-state index contributed by atoms with van der Waals surface area (Å²) in [7, 11) is 0. The molecule has 0 aliphatic rings. The number of carbonyl (C=O) groups is 6. The predicted molar refractivity (Wildman–Crippen MR) is 428 cm³/mol. The lowest BCUT2D eigenvalue weighted by Crippen LogP contribution is -2.41. The molecule has 0 aliphatic heterocycles. The highest BCUT2D eigenvalue weighted by Gasteiger charge is 2.25. The third-order valence-electron chi connectivity index (χ3n) is 16.3. The summed E-state index contributed by atoms with van der Waals surface area (Å²) in [5.74, 6) is 0.725. The number of carbonyl (C=O) groups excluding carboxylic acids is 6. The SMILES string of the molecule is C.C.C.NC(CCl)=NCCC[C@H](NC(=O)c1cc2ccccc2cn1)C(=O)CCc1ccccc1.NC(CCl)=NCCC[C@H](NC(=O)c1cccc(-c2ccccc2)c1)C(=O)CCc1ccccc1.NC(CCl)=NCCC[C@H](NC(=O)c1ccccc1-c1ccccc1)C(=O)CCc1ccccc1. The van der Waals surface area contributed by atoms with Crippen LogP contribution >= 0.6 is 34.8 Å². The molecule has 0 fully saturated rings. The van der Waals surface area contributed by atoms with Crippen molar-refractivity contribution in [1.82, 2.24) is 20.9 Å². The number of nitrogens with one attached hydrogen (secondary N) is 3. The van der Waals surface area contributed by atoms with Crippen molar-refractivity contribution in [1.29, 1.82) is 0 Å². The molecule has 8 aromatic carbocycles. The Balaban J connectivity index is 0.000000323. The summed E-state index contributed by atoms with van der Waals surface area (Å²) >= 11 is 17.0. The van der Waals surface area contributed by atoms with Gasteiger partial charge in [-0.3, -0.25) is 48.7 Å². The Kier molecular flexibility index (Phi) is 39.6. The molecule has 1 heterocycles. The van der Waals surface area contributed by atoms with Crippen LogP contribution in [-0.2, 0) is 33.6 Å². The first-order valence-corrected chi connectivity index (χ1v) is 35.1. The number of nitrogens with zero attached hydrogens (tertiary/aromatic N) is 4. The van der Waals surface area contributed by atoms with Gasteiger partial charge in [0.25, 0.3) is 17.7 Å². The van der Waals surface area contributed by atoms with Crippen molar-refractivity contribution in [2.24, 2.45) is 32.2 Å². The second-order valence-electron chi connectivity index (χ2n) is 23.7. The van der Waals surface area contributed by atoms with E-state index in [1.807, 2.05) is 212 Å². The van der Waals surface area contributed by atoms with Gasteiger partial charge in [0.2, 0.25) is 0 Å². The quantitative estimate of drug-likeness (QED) is 0.00946. The first-order chi connectivity index (χ1) is 48.7. The van der Waals surface area contributed by atoms with Gasteiger partial charge in [0, 0.05) is 61.6 Å². The summed E-state index contributed by atoms with van der Waals surface area (Å²) in [6.07, 6.45) is 7.85. The molecule has 3 atom stereocenters. The molecule has 3 amide bonds. The van der Waals surface area contributed by atoms with E-state index in [1.54, 1.807) is 24.4 Å². The normalized spacial score (nSPS) is 11.9. The number of hydrogen-bond acceptors (Lipinski definition) is 10. The molecule has 0 saturated heterocycles. The fraction of sp³-hybridized carbons (Fsp3) is 0.286. The van der Waals surface area contributed by atoms with Gasteiger partial charge in [0.1, 0.15) is 23.2 Å². The van der Waals surface area contributed by atoms with Crippen molar-refractivity contribution in [2.75, 3.05) is 37.3 Å². The number of rotatable bonds is 35. The molecule has 9 aromatic rings. The highest BCUT2D eigenvalue weighted by molar-refractivity contribution is 6.28. The fourth-order valence-electron chi connectivity index (χ4n) is 10.8. The number of amides is 3. The molecule has 1 aromatic heterocycles. The van der Waals surface area contributed by atoms with Crippen molar-refractivity contribution in [2.45, 2.75) is 117 Å². The zero-order valence-electron chi connectivity index (χ0n) is 56.1. The van der Waals surface area contributed by atoms with Gasteiger partial charge in [-0.15, -0.1) is 34.8 Å². The molecule has 9 N–H and O–H groups in total. The van der Waals surface area contributed by atoms with Crippen LogP contribution in [0, 0.1) is 0 Å². The molecule has 0 unspecified atom stereocenters. The maximum atomic E-state index is 13.3. The zero-order chi connectivity index (χ0) is 71.1. The van der Waals surface area contributed by atoms with Crippen LogP contribution < -0.4 is 33.2 Å². The molecule has 0 spiro atoms. The lowest BCUT2D eigenvalue weighted by Gasteiger charge is -2.19. The highest BCUT2D eigenvalue weighted by Crippen LogP contribution is 2.25. The largest absolute Gasteiger partial charge is 0.386 e. The summed E-state index contributed by atoms with van der Waals surface area (Å²) in [6, 6.07) is 71.7. The number of pyridine rings is 1. The van der Waals surface area contributed by atoms with Gasteiger partial charge >= 0.3 is 0 Å². The lowest BCUT2D eigenvalue weighted by molar-refractivity contribution is -0.121. The van der Waals surface area contributed by atoms with Crippen LogP contribution in [0.15, 0.2) is 252 Å². The van der Waals surface area contributed by atoms with Crippen molar-refractivity contribution in [3.63, 3.8) is 0 Å². The van der Waals surface area contributed by atoms with E-state index < -0.39 is 18.1 Å². The molecule has 16 nitrogen and oxygen atoms in total. The Labute approximate surface area is 623 Å². The average molecular weight is 1450 g/mol. The van der Waals surface area contributed by atoms with Crippen LogP contribution in [0.1, 0.15) is 128 Å². The Hall–Kier alpha value is -10.1. The molecule has 103 heavy (non-hydrogen) atoms. The molecule has 0 bridgehead atoms. The van der Waals surface area contributed by atoms with Gasteiger partial charge in [-0.1, -0.05) is 229 Å². The molecular formula is C84H99Cl3N10O6. The molecule has 0 radical (unpaired) electrons. The number of benzene rings is 8. The lowest BCUT2D eigenvalue weighted by atomic mass is 9.97. The monoisotopic (exact) mass is 1450 g/mol. The molecule has 19 heteroatoms. The molecule has 542 valence electrons. The highest BCUT2D eigenvalue weighted by atomic mass is 35.5. The number of aromatic nitrogens is 1. The van der Waals surface area contributed by atoms with Crippen LogP contribution in [0.25, 0.3) is 33.0 Å². The van der Waals surface area contributed by atoms with Gasteiger partial charge in [-0.25, -0.2) is 0 Å². The minimum atomic E-state index is -0.619. The average Bonchev–Trinajstić information content (AvgIpc) is 0.864. The summed E-state index contributed by atoms with van der Waals surface area (Å²) < 4.78 is 0. The summed E-state index contributed by atoms with van der Waals surface area (Å²) in [5, 5.41) is 10.7. The van der Waals surface area contributed by atoms with E-state index in [4.69, 9.17) is 52.0 Å². The van der Waals surface area contributed by atoms with Crippen LogP contribution in [0.3, 0.4) is 0 Å². The maximum Gasteiger partial charge on any atom is 0.270 e. The number of hydrogen-bond donors (Lipinski definition) is 6. The number of Topliss-reactive ketones (excluding diaryl/α,β-unsaturated/α-hetero) is 3. The maximum absolute atomic E-state index is 13.3. The van der Waals surface area contributed by atoms with Gasteiger partial charge in [-0.2, -0.15) is 0 Å². The van der Waals surface area contributed by atoms with Crippen molar-refractivity contribution >= 4 is 98.2 Å². The number of amidine groups is 3. The Morgan fingerprint density at radius 3 is 1.17 bits per heavy atom. The molecule has 9 rings (SSSR count). The topological polar surface area (TPSA) is 267 Å². The minimum Gasteiger partial charge on any atom is -0.386 e. The number of alkyl halides is 3. The number of aryl methyl sites for hydroxylation is 3. The Bertz CT molecular complexity index is 4130. The molecular weight excluding hydrogens is 1350 g/mol. The number of nitrogens with two attached hydrogens (primary N) is 3. The van der Waals surface area contributed by atoms with E-state index in [0.717, 1.165) is 49.7 Å². The summed E-state index contributed by atoms with van der Waals surface area (Å²) in [5.41, 5.74) is 25.3. The van der Waals surface area contributed by atoms with Crippen LogP contribution in [-0.4, -0.2) is 113 Å². The summed E-state index contributed by atoms with van der Waals surface area (Å²) in [6.45, 7) is 1.36. The van der Waals surface area contributed by atoms with Gasteiger partial charge in [-0.05, 0) is 126 Å². The fourth-order valence-corrected chi connectivity index (χ4v) is 11.1. The minimum absolute atomic E-state index is 0. The predicted octanol–water partition coefficient (Wildman–Crippen LogP) is 15.9. The van der Waals surface area contributed by atoms with Gasteiger partial charge < -0.3 is 33.2 Å². The van der Waals surface area contributed by atoms with Gasteiger partial charge in [0.15, 0.2) is 17.3 Å². The van der Waals surface area contributed by atoms with E-state index in [-0.39, 0.29) is 80.7 Å². The standard InChI is InChI=1S/2C28H30ClN3O2.C25H27ClN4O2.3CH4/c29-20-27(30)31-18-8-15-25(26(33)17-16-21-9-3-1-4-10-21)32-28(34)24-14-7-13-23(19-24)22-11-5-2-6-12-22;29-20-27(30)31-19-9-16-25(26(33)18-17-21-10-3-1-4-11-21)32-28(34)24-15-8-7-14-23(24)22-12-5-2-6-13-22;26-16-24(27)28-14-6-11-21(23(31)13-12-18-7-2-1-3-8-18)30-25(32)22-15-19-9-4-5-10-20(19)17-29-22;;;/h1-7,9-14,19,25H,8,15-18,20H2,(H2,30,31)(H,32,34);1-8,10-15,25H,9,16-20H2,(H2,30,31)(H,32,34);1-5,7-10,15,17,21H,6,11-14,16H2,(H2,27,28)(H,30,32);3*1H4/t2*25-;21-;;;/m000.../s1. The van der Waals surface area contributed by atoms with Crippen LogP contribution in [0.4, 0.5) is 0 Å². The number of aliphatic imine (C=N–C) groups is 3. The van der Waals surface area contributed by atoms with E-state index in [2.05, 4.69) is 35.9 Å². The van der Waals surface area contributed by atoms with Gasteiger partial charge in [0.05, 0.1) is 35.8 Å². The van der Waals surface area contributed by atoms with Crippen LogP contribution in [0.2, 0.25) is 0 Å². The third-order valence-corrected chi connectivity index (χ3v) is 17.1. The number of halogens is 3. The second-order valence-corrected chi connectivity index (χ2v) is 24.5. The number of ketones is 3. The third kappa shape index (κ3) is 30.2. The van der Waals surface area contributed by atoms with Crippen molar-refractivity contribution < 1.29 is 28.8 Å². The van der Waals surface area contributed by atoms with E-state index in [1.165, 1.54) is 0 Å². The first kappa shape index (κ1) is 85.3. The molecule has 0 aliphatic carbocycles. The summed E-state index contributed by atoms with van der Waals surface area (Å²) in [4.78, 5) is 95.2. The van der Waals surface area contributed by atoms with Crippen molar-refractivity contribution in [3.8, 4) is 22.3 Å². The smallest absolute Gasteiger partial charge is 0.270 e.